The average Bonchev–Trinajstić information content (AvgIpc) is 2.93. The first-order valence-corrected chi connectivity index (χ1v) is 9.34. The zero-order valence-electron chi connectivity index (χ0n) is 11.5. The van der Waals surface area contributed by atoms with Gasteiger partial charge >= 0.3 is 0 Å². The van der Waals surface area contributed by atoms with Crippen LogP contribution in [0.2, 0.25) is 5.02 Å². The summed E-state index contributed by atoms with van der Waals surface area (Å²) in [5.41, 5.74) is 1.29. The topological polar surface area (TPSA) is 85.8 Å². The van der Waals surface area contributed by atoms with Crippen LogP contribution < -0.4 is 4.72 Å². The fourth-order valence-electron chi connectivity index (χ4n) is 2.19. The van der Waals surface area contributed by atoms with Gasteiger partial charge < -0.3 is 4.98 Å². The third-order valence-corrected chi connectivity index (χ3v) is 5.81. The molecule has 0 aliphatic heterocycles. The van der Waals surface area contributed by atoms with E-state index in [2.05, 4.69) is 32.3 Å². The van der Waals surface area contributed by atoms with Crippen molar-refractivity contribution in [2.45, 2.75) is 4.90 Å². The molecular weight excluding hydrogens is 449 g/mol. The summed E-state index contributed by atoms with van der Waals surface area (Å²) in [5, 5.41) is 10.2. The Bertz CT molecular complexity index is 1050. The molecule has 0 fully saturated rings. The summed E-state index contributed by atoms with van der Waals surface area (Å²) < 4.78 is 28.5. The predicted octanol–water partition coefficient (Wildman–Crippen LogP) is 4.10. The van der Waals surface area contributed by atoms with Crippen molar-refractivity contribution in [3.63, 3.8) is 0 Å². The summed E-state index contributed by atoms with van der Waals surface area (Å²) in [6, 6.07) is 11.2. The van der Waals surface area contributed by atoms with E-state index in [4.69, 9.17) is 16.9 Å². The van der Waals surface area contributed by atoms with Gasteiger partial charge in [0.25, 0.3) is 10.0 Å². The summed E-state index contributed by atoms with van der Waals surface area (Å²) in [4.78, 5) is 3.01. The van der Waals surface area contributed by atoms with Crippen molar-refractivity contribution in [1.82, 2.24) is 4.98 Å². The second-order valence-electron chi connectivity index (χ2n) is 4.73. The molecule has 2 N–H and O–H groups in total. The maximum atomic E-state index is 12.5. The highest BCUT2D eigenvalue weighted by atomic mass is 127. The Hall–Kier alpha value is -1.76. The molecule has 0 bridgehead atoms. The van der Waals surface area contributed by atoms with E-state index >= 15 is 0 Å². The Kier molecular flexibility index (Phi) is 4.23. The minimum Gasteiger partial charge on any atom is -0.358 e. The second-order valence-corrected chi connectivity index (χ2v) is 7.98. The molecule has 23 heavy (non-hydrogen) atoms. The number of rotatable bonds is 3. The highest BCUT2D eigenvalue weighted by Crippen LogP contribution is 2.33. The zero-order valence-corrected chi connectivity index (χ0v) is 15.2. The summed E-state index contributed by atoms with van der Waals surface area (Å²) in [6.07, 6.45) is 1.61. The van der Waals surface area contributed by atoms with Crippen LogP contribution in [0.4, 0.5) is 5.69 Å². The number of nitrogens with zero attached hydrogens (tertiary/aromatic N) is 1. The van der Waals surface area contributed by atoms with Gasteiger partial charge in [-0.1, -0.05) is 17.7 Å². The fourth-order valence-corrected chi connectivity index (χ4v) is 4.46. The summed E-state index contributed by atoms with van der Waals surface area (Å²) in [7, 11) is -3.81. The van der Waals surface area contributed by atoms with Crippen LogP contribution in [0.3, 0.4) is 0 Å². The van der Waals surface area contributed by atoms with Crippen molar-refractivity contribution in [1.29, 1.82) is 5.26 Å². The van der Waals surface area contributed by atoms with Gasteiger partial charge in [0.15, 0.2) is 0 Å². The molecule has 5 nitrogen and oxygen atoms in total. The first kappa shape index (κ1) is 16.1. The van der Waals surface area contributed by atoms with Gasteiger partial charge in [0.05, 0.1) is 32.8 Å². The van der Waals surface area contributed by atoms with Crippen LogP contribution >= 0.6 is 34.2 Å². The maximum Gasteiger partial charge on any atom is 0.262 e. The molecule has 3 rings (SSSR count). The Morgan fingerprint density at radius 3 is 2.78 bits per heavy atom. The normalized spacial score (nSPS) is 11.3. The third-order valence-electron chi connectivity index (χ3n) is 3.25. The van der Waals surface area contributed by atoms with E-state index in [1.165, 1.54) is 18.2 Å². The van der Waals surface area contributed by atoms with Crippen LogP contribution in [0, 0.1) is 14.9 Å². The Labute approximate surface area is 151 Å². The molecule has 1 aromatic heterocycles. The minimum absolute atomic E-state index is 0.0286. The smallest absolute Gasteiger partial charge is 0.262 e. The van der Waals surface area contributed by atoms with Crippen molar-refractivity contribution < 1.29 is 8.42 Å². The number of benzene rings is 2. The highest BCUT2D eigenvalue weighted by Gasteiger charge is 2.18. The SMILES string of the molecule is N#Cc1cccc(S(=O)(=O)Nc2ccc(I)c3c(Cl)c[nH]c23)c1. The first-order chi connectivity index (χ1) is 10.9. The van der Waals surface area contributed by atoms with E-state index in [1.807, 2.05) is 6.07 Å². The summed E-state index contributed by atoms with van der Waals surface area (Å²) in [6.45, 7) is 0. The molecule has 0 aliphatic rings. The van der Waals surface area contributed by atoms with E-state index in [1.54, 1.807) is 24.4 Å². The fraction of sp³-hybridized carbons (Fsp3) is 0. The number of hydrogen-bond acceptors (Lipinski definition) is 3. The number of fused-ring (bicyclic) bond motifs is 1. The van der Waals surface area contributed by atoms with E-state index in [-0.39, 0.29) is 10.5 Å². The number of nitrogens with one attached hydrogen (secondary N) is 2. The third kappa shape index (κ3) is 3.02. The van der Waals surface area contributed by atoms with Crippen molar-refractivity contribution in [2.24, 2.45) is 0 Å². The minimum atomic E-state index is -3.81. The molecule has 8 heteroatoms. The lowest BCUT2D eigenvalue weighted by Gasteiger charge is -2.10. The predicted molar refractivity (Wildman–Crippen MR) is 98.0 cm³/mol. The summed E-state index contributed by atoms with van der Waals surface area (Å²) in [5.74, 6) is 0. The van der Waals surface area contributed by atoms with Crippen molar-refractivity contribution in [2.75, 3.05) is 4.72 Å². The largest absolute Gasteiger partial charge is 0.358 e. The Morgan fingerprint density at radius 1 is 1.26 bits per heavy atom. The molecule has 3 aromatic rings. The number of aromatic nitrogens is 1. The molecule has 1 heterocycles. The Morgan fingerprint density at radius 2 is 2.04 bits per heavy atom. The van der Waals surface area contributed by atoms with E-state index in [0.29, 0.717) is 16.2 Å². The van der Waals surface area contributed by atoms with Crippen LogP contribution in [0.5, 0.6) is 0 Å². The van der Waals surface area contributed by atoms with Gasteiger partial charge in [-0.25, -0.2) is 8.42 Å². The van der Waals surface area contributed by atoms with E-state index in [0.717, 1.165) is 8.96 Å². The van der Waals surface area contributed by atoms with Gasteiger partial charge in [-0.15, -0.1) is 0 Å². The molecule has 0 aliphatic carbocycles. The van der Waals surface area contributed by atoms with Crippen LogP contribution in [-0.2, 0) is 10.0 Å². The number of nitriles is 1. The van der Waals surface area contributed by atoms with Gasteiger partial charge in [0, 0.05) is 15.2 Å². The van der Waals surface area contributed by atoms with Crippen LogP contribution in [0.25, 0.3) is 10.9 Å². The lowest BCUT2D eigenvalue weighted by molar-refractivity contribution is 0.601. The molecule has 0 atom stereocenters. The number of halogens is 2. The quantitative estimate of drug-likeness (QED) is 0.581. The lowest BCUT2D eigenvalue weighted by Crippen LogP contribution is -2.13. The number of H-pyrrole nitrogens is 1. The highest BCUT2D eigenvalue weighted by molar-refractivity contribution is 14.1. The molecule has 2 aromatic carbocycles. The van der Waals surface area contributed by atoms with Crippen molar-refractivity contribution >= 4 is 60.8 Å². The van der Waals surface area contributed by atoms with E-state index < -0.39 is 10.0 Å². The van der Waals surface area contributed by atoms with Gasteiger partial charge in [-0.3, -0.25) is 4.72 Å². The van der Waals surface area contributed by atoms with Crippen molar-refractivity contribution in [3.8, 4) is 6.07 Å². The molecular formula is C15H9ClIN3O2S. The standard InChI is InChI=1S/C15H9ClIN3O2S/c16-11-8-19-15-13(5-4-12(17)14(11)15)20-23(21,22)10-3-1-2-9(6-10)7-18/h1-6,8,19-20H. The van der Waals surface area contributed by atoms with Gasteiger partial charge in [-0.05, 0) is 52.9 Å². The molecule has 116 valence electrons. The second kappa shape index (κ2) is 6.03. The molecule has 0 saturated heterocycles. The monoisotopic (exact) mass is 457 g/mol. The molecule has 0 amide bonds. The van der Waals surface area contributed by atoms with Crippen LogP contribution in [0.15, 0.2) is 47.5 Å². The van der Waals surface area contributed by atoms with Crippen molar-refractivity contribution in [3.05, 3.63) is 56.8 Å². The maximum absolute atomic E-state index is 12.5. The van der Waals surface area contributed by atoms with Gasteiger partial charge in [0.2, 0.25) is 0 Å². The van der Waals surface area contributed by atoms with Crippen LogP contribution in [-0.4, -0.2) is 13.4 Å². The van der Waals surface area contributed by atoms with E-state index in [9.17, 15) is 8.42 Å². The van der Waals surface area contributed by atoms with Gasteiger partial charge in [-0.2, -0.15) is 5.26 Å². The Balaban J connectivity index is 2.08. The first-order valence-electron chi connectivity index (χ1n) is 6.40. The summed E-state index contributed by atoms with van der Waals surface area (Å²) >= 11 is 8.27. The lowest BCUT2D eigenvalue weighted by atomic mass is 10.2. The number of anilines is 1. The van der Waals surface area contributed by atoms with Gasteiger partial charge in [0.1, 0.15) is 0 Å². The zero-order chi connectivity index (χ0) is 16.6. The number of hydrogen-bond donors (Lipinski definition) is 2. The number of aromatic amines is 1. The molecule has 0 spiro atoms. The molecule has 0 radical (unpaired) electrons. The number of sulfonamides is 1. The average molecular weight is 458 g/mol. The van der Waals surface area contributed by atoms with Crippen LogP contribution in [0.1, 0.15) is 5.56 Å². The molecule has 0 saturated carbocycles. The molecule has 0 unspecified atom stereocenters.